The summed E-state index contributed by atoms with van der Waals surface area (Å²) in [5, 5.41) is 3.65. The number of hydrogen-bond donors (Lipinski definition) is 1. The van der Waals surface area contributed by atoms with E-state index in [1.807, 2.05) is 0 Å². The van der Waals surface area contributed by atoms with Gasteiger partial charge >= 0.3 is 0 Å². The third-order valence-electron chi connectivity index (χ3n) is 3.76. The third-order valence-corrected chi connectivity index (χ3v) is 4.91. The number of benzene rings is 2. The van der Waals surface area contributed by atoms with Crippen LogP contribution in [-0.2, 0) is 0 Å². The van der Waals surface area contributed by atoms with Gasteiger partial charge in [-0.2, -0.15) is 0 Å². The summed E-state index contributed by atoms with van der Waals surface area (Å²) in [6, 6.07) is 12.9. The van der Waals surface area contributed by atoms with Crippen LogP contribution in [0.5, 0.6) is 5.75 Å². The van der Waals surface area contributed by atoms with Gasteiger partial charge in [0.15, 0.2) is 0 Å². The maximum Gasteiger partial charge on any atom is 0.127 e. The highest BCUT2D eigenvalue weighted by atomic mass is 79.9. The van der Waals surface area contributed by atoms with Crippen LogP contribution >= 0.6 is 31.9 Å². The van der Waals surface area contributed by atoms with E-state index in [0.717, 1.165) is 39.8 Å². The standard InChI is InChI=1S/C17H17Br2NO/c1-11-4-2-5-13-15(6-3-9-21-17(11)13)20-16-8-7-12(18)10-14(16)19/h2,4-5,7-8,10,15,20H,3,6,9H2,1H3. The number of ether oxygens (including phenoxy) is 1. The van der Waals surface area contributed by atoms with E-state index in [1.54, 1.807) is 0 Å². The molecule has 21 heavy (non-hydrogen) atoms. The van der Waals surface area contributed by atoms with Gasteiger partial charge in [-0.25, -0.2) is 0 Å². The molecule has 0 bridgehead atoms. The lowest BCUT2D eigenvalue weighted by Crippen LogP contribution is -2.10. The molecule has 0 spiro atoms. The second kappa shape index (κ2) is 6.41. The average Bonchev–Trinajstić information content (AvgIpc) is 2.66. The van der Waals surface area contributed by atoms with Gasteiger partial charge in [0.05, 0.1) is 12.6 Å². The van der Waals surface area contributed by atoms with Crippen molar-refractivity contribution in [1.29, 1.82) is 0 Å². The number of anilines is 1. The number of halogens is 2. The zero-order valence-corrected chi connectivity index (χ0v) is 15.0. The summed E-state index contributed by atoms with van der Waals surface area (Å²) in [6.07, 6.45) is 2.12. The van der Waals surface area contributed by atoms with Crippen LogP contribution in [0.25, 0.3) is 0 Å². The van der Waals surface area contributed by atoms with Crippen molar-refractivity contribution in [1.82, 2.24) is 0 Å². The van der Waals surface area contributed by atoms with Crippen molar-refractivity contribution < 1.29 is 4.74 Å². The molecule has 2 aromatic carbocycles. The van der Waals surface area contributed by atoms with Crippen molar-refractivity contribution in [2.75, 3.05) is 11.9 Å². The minimum atomic E-state index is 0.278. The van der Waals surface area contributed by atoms with E-state index in [4.69, 9.17) is 4.74 Å². The molecule has 0 saturated carbocycles. The van der Waals surface area contributed by atoms with Gasteiger partial charge < -0.3 is 10.1 Å². The highest BCUT2D eigenvalue weighted by Crippen LogP contribution is 2.37. The number of nitrogens with one attached hydrogen (secondary N) is 1. The summed E-state index contributed by atoms with van der Waals surface area (Å²) < 4.78 is 8.07. The first-order valence-electron chi connectivity index (χ1n) is 7.09. The van der Waals surface area contributed by atoms with Crippen LogP contribution < -0.4 is 10.1 Å². The SMILES string of the molecule is Cc1cccc2c1OCCCC2Nc1ccc(Br)cc1Br. The van der Waals surface area contributed by atoms with E-state index < -0.39 is 0 Å². The van der Waals surface area contributed by atoms with Crippen molar-refractivity contribution in [3.63, 3.8) is 0 Å². The van der Waals surface area contributed by atoms with Gasteiger partial charge in [-0.1, -0.05) is 34.1 Å². The van der Waals surface area contributed by atoms with Gasteiger partial charge in [0, 0.05) is 20.2 Å². The Kier molecular flexibility index (Phi) is 4.55. The normalized spacial score (nSPS) is 17.6. The summed E-state index contributed by atoms with van der Waals surface area (Å²) in [5.74, 6) is 1.04. The first-order valence-corrected chi connectivity index (χ1v) is 8.67. The molecule has 2 aromatic rings. The van der Waals surface area contributed by atoms with E-state index in [9.17, 15) is 0 Å². The molecule has 1 aliphatic heterocycles. The van der Waals surface area contributed by atoms with Gasteiger partial charge in [0.25, 0.3) is 0 Å². The lowest BCUT2D eigenvalue weighted by atomic mass is 9.99. The quantitative estimate of drug-likeness (QED) is 0.670. The van der Waals surface area contributed by atoms with E-state index in [-0.39, 0.29) is 6.04 Å². The Hall–Kier alpha value is -1.000. The number of aryl methyl sites for hydroxylation is 1. The van der Waals surface area contributed by atoms with E-state index >= 15 is 0 Å². The Labute approximate surface area is 142 Å². The Morgan fingerprint density at radius 2 is 2.05 bits per heavy atom. The average molecular weight is 411 g/mol. The molecule has 1 aliphatic rings. The Morgan fingerprint density at radius 1 is 1.19 bits per heavy atom. The fourth-order valence-electron chi connectivity index (χ4n) is 2.71. The number of rotatable bonds is 2. The Bertz CT molecular complexity index is 657. The molecule has 0 aromatic heterocycles. The highest BCUT2D eigenvalue weighted by Gasteiger charge is 2.21. The van der Waals surface area contributed by atoms with Crippen LogP contribution in [0.4, 0.5) is 5.69 Å². The van der Waals surface area contributed by atoms with Crippen molar-refractivity contribution >= 4 is 37.5 Å². The second-order valence-corrected chi connectivity index (χ2v) is 7.08. The monoisotopic (exact) mass is 409 g/mol. The van der Waals surface area contributed by atoms with Crippen LogP contribution in [0.15, 0.2) is 45.3 Å². The van der Waals surface area contributed by atoms with Crippen molar-refractivity contribution in [2.45, 2.75) is 25.8 Å². The maximum atomic E-state index is 5.94. The molecule has 4 heteroatoms. The molecule has 0 fully saturated rings. The molecule has 0 amide bonds. The van der Waals surface area contributed by atoms with Crippen LogP contribution in [0.3, 0.4) is 0 Å². The Balaban J connectivity index is 1.94. The minimum Gasteiger partial charge on any atom is -0.493 e. The van der Waals surface area contributed by atoms with Crippen LogP contribution in [0.2, 0.25) is 0 Å². The van der Waals surface area contributed by atoms with Gasteiger partial charge in [-0.15, -0.1) is 0 Å². The lowest BCUT2D eigenvalue weighted by molar-refractivity contribution is 0.314. The molecule has 1 atom stereocenters. The van der Waals surface area contributed by atoms with Gasteiger partial charge in [0.1, 0.15) is 5.75 Å². The topological polar surface area (TPSA) is 21.3 Å². The zero-order valence-electron chi connectivity index (χ0n) is 11.8. The molecule has 1 heterocycles. The largest absolute Gasteiger partial charge is 0.493 e. The molecular weight excluding hydrogens is 394 g/mol. The maximum absolute atomic E-state index is 5.94. The number of fused-ring (bicyclic) bond motifs is 1. The summed E-state index contributed by atoms with van der Waals surface area (Å²) in [6.45, 7) is 2.90. The van der Waals surface area contributed by atoms with E-state index in [2.05, 4.69) is 80.5 Å². The number of para-hydroxylation sites is 1. The molecule has 2 nitrogen and oxygen atoms in total. The van der Waals surface area contributed by atoms with Crippen LogP contribution in [0, 0.1) is 6.92 Å². The van der Waals surface area contributed by atoms with Crippen LogP contribution in [-0.4, -0.2) is 6.61 Å². The predicted octanol–water partition coefficient (Wildman–Crippen LogP) is 5.85. The lowest BCUT2D eigenvalue weighted by Gasteiger charge is -2.21. The first kappa shape index (κ1) is 14.9. The molecular formula is C17H17Br2NO. The summed E-state index contributed by atoms with van der Waals surface area (Å²) >= 11 is 7.12. The van der Waals surface area contributed by atoms with Crippen molar-refractivity contribution in [3.05, 3.63) is 56.5 Å². The Morgan fingerprint density at radius 3 is 2.86 bits per heavy atom. The molecule has 1 unspecified atom stereocenters. The fourth-order valence-corrected chi connectivity index (χ4v) is 3.87. The predicted molar refractivity (Wildman–Crippen MR) is 94.1 cm³/mol. The molecule has 0 radical (unpaired) electrons. The molecule has 1 N–H and O–H groups in total. The van der Waals surface area contributed by atoms with Gasteiger partial charge in [-0.05, 0) is 59.5 Å². The fraction of sp³-hybridized carbons (Fsp3) is 0.294. The van der Waals surface area contributed by atoms with E-state index in [0.29, 0.717) is 0 Å². The molecule has 0 saturated heterocycles. The summed E-state index contributed by atoms with van der Waals surface area (Å²) in [7, 11) is 0. The van der Waals surface area contributed by atoms with Crippen molar-refractivity contribution in [3.8, 4) is 5.75 Å². The highest BCUT2D eigenvalue weighted by molar-refractivity contribution is 9.11. The summed E-state index contributed by atoms with van der Waals surface area (Å²) in [4.78, 5) is 0. The summed E-state index contributed by atoms with van der Waals surface area (Å²) in [5.41, 5.74) is 3.57. The van der Waals surface area contributed by atoms with Gasteiger partial charge in [-0.3, -0.25) is 0 Å². The molecule has 110 valence electrons. The van der Waals surface area contributed by atoms with Crippen LogP contribution in [0.1, 0.15) is 30.0 Å². The minimum absolute atomic E-state index is 0.278. The van der Waals surface area contributed by atoms with Gasteiger partial charge in [0.2, 0.25) is 0 Å². The smallest absolute Gasteiger partial charge is 0.127 e. The third kappa shape index (κ3) is 3.27. The first-order chi connectivity index (χ1) is 10.1. The van der Waals surface area contributed by atoms with Crippen molar-refractivity contribution in [2.24, 2.45) is 0 Å². The number of hydrogen-bond acceptors (Lipinski definition) is 2. The molecule has 3 rings (SSSR count). The second-order valence-electron chi connectivity index (χ2n) is 5.31. The van der Waals surface area contributed by atoms with E-state index in [1.165, 1.54) is 11.1 Å². The zero-order chi connectivity index (χ0) is 14.8. The molecule has 0 aliphatic carbocycles.